The Hall–Kier alpha value is -2.52. The largest absolute Gasteiger partial charge is 0.369 e. The first-order valence-corrected chi connectivity index (χ1v) is 8.41. The summed E-state index contributed by atoms with van der Waals surface area (Å²) in [4.78, 5) is 6.89. The van der Waals surface area contributed by atoms with Crippen LogP contribution in [-0.2, 0) is 6.42 Å². The predicted octanol–water partition coefficient (Wildman–Crippen LogP) is 4.97. The van der Waals surface area contributed by atoms with E-state index in [0.717, 1.165) is 30.5 Å². The number of halogens is 1. The summed E-state index contributed by atoms with van der Waals surface area (Å²) in [6.45, 7) is 3.04. The van der Waals surface area contributed by atoms with Crippen molar-refractivity contribution in [3.8, 4) is 0 Å². The van der Waals surface area contributed by atoms with Crippen LogP contribution in [0.2, 0.25) is 0 Å². The number of aliphatic imine (C=N–C) groups is 1. The van der Waals surface area contributed by atoms with E-state index in [2.05, 4.69) is 48.2 Å². The summed E-state index contributed by atoms with van der Waals surface area (Å²) in [7, 11) is 0. The Morgan fingerprint density at radius 2 is 1.84 bits per heavy atom. The van der Waals surface area contributed by atoms with Crippen LogP contribution in [0.25, 0.3) is 10.8 Å². The van der Waals surface area contributed by atoms with Crippen LogP contribution >= 0.6 is 12.4 Å². The van der Waals surface area contributed by atoms with E-state index >= 15 is 0 Å². The van der Waals surface area contributed by atoms with Crippen molar-refractivity contribution >= 4 is 40.5 Å². The maximum atomic E-state index is 6.40. The Bertz CT molecular complexity index is 928. The number of fused-ring (bicyclic) bond motifs is 2. The highest BCUT2D eigenvalue weighted by Gasteiger charge is 2.19. The molecule has 3 aromatic rings. The summed E-state index contributed by atoms with van der Waals surface area (Å²) in [5.74, 6) is 0.566. The second-order valence-corrected chi connectivity index (χ2v) is 6.36. The number of nitrogens with zero attached hydrogens (tertiary/aromatic N) is 2. The molecule has 3 nitrogen and oxygen atoms in total. The lowest BCUT2D eigenvalue weighted by Crippen LogP contribution is -2.40. The molecular formula is C21H22ClN3. The first-order valence-electron chi connectivity index (χ1n) is 8.41. The molecule has 1 aliphatic rings. The van der Waals surface area contributed by atoms with Crippen LogP contribution < -0.4 is 10.6 Å². The highest BCUT2D eigenvalue weighted by molar-refractivity contribution is 6.01. The lowest BCUT2D eigenvalue weighted by atomic mass is 10.00. The number of nitrogens with two attached hydrogens (primary N) is 1. The first kappa shape index (κ1) is 17.3. The molecule has 1 aliphatic heterocycles. The molecule has 0 fully saturated rings. The van der Waals surface area contributed by atoms with Gasteiger partial charge in [-0.3, -0.25) is 0 Å². The Labute approximate surface area is 154 Å². The average molecular weight is 352 g/mol. The van der Waals surface area contributed by atoms with Crippen LogP contribution in [0.15, 0.2) is 65.7 Å². The highest BCUT2D eigenvalue weighted by Crippen LogP contribution is 2.30. The number of rotatable bonds is 1. The summed E-state index contributed by atoms with van der Waals surface area (Å²) >= 11 is 0. The lowest BCUT2D eigenvalue weighted by molar-refractivity contribution is 0.774. The molecule has 4 rings (SSSR count). The average Bonchev–Trinajstić information content (AvgIpc) is 2.61. The van der Waals surface area contributed by atoms with E-state index in [4.69, 9.17) is 10.7 Å². The number of hydrogen-bond acceptors (Lipinski definition) is 1. The molecule has 0 unspecified atom stereocenters. The zero-order valence-corrected chi connectivity index (χ0v) is 15.1. The minimum absolute atomic E-state index is 0. The van der Waals surface area contributed by atoms with Gasteiger partial charge in [0.2, 0.25) is 5.96 Å². The minimum Gasteiger partial charge on any atom is -0.369 e. The molecule has 0 radical (unpaired) electrons. The quantitative estimate of drug-likeness (QED) is 0.496. The number of hydrogen-bond donors (Lipinski definition) is 1. The van der Waals surface area contributed by atoms with E-state index in [0.29, 0.717) is 5.96 Å². The van der Waals surface area contributed by atoms with Gasteiger partial charge in [-0.2, -0.15) is 0 Å². The number of anilines is 1. The van der Waals surface area contributed by atoms with Crippen LogP contribution in [-0.4, -0.2) is 12.5 Å². The maximum Gasteiger partial charge on any atom is 0.201 e. The minimum atomic E-state index is 0. The molecule has 128 valence electrons. The maximum absolute atomic E-state index is 6.40. The van der Waals surface area contributed by atoms with Crippen molar-refractivity contribution in [2.24, 2.45) is 10.7 Å². The van der Waals surface area contributed by atoms with E-state index in [1.165, 1.54) is 22.2 Å². The van der Waals surface area contributed by atoms with Gasteiger partial charge in [0, 0.05) is 17.6 Å². The topological polar surface area (TPSA) is 41.6 Å². The van der Waals surface area contributed by atoms with Gasteiger partial charge >= 0.3 is 0 Å². The fourth-order valence-corrected chi connectivity index (χ4v) is 3.45. The van der Waals surface area contributed by atoms with E-state index < -0.39 is 0 Å². The Morgan fingerprint density at radius 3 is 2.72 bits per heavy atom. The van der Waals surface area contributed by atoms with Gasteiger partial charge in [0.1, 0.15) is 0 Å². The summed E-state index contributed by atoms with van der Waals surface area (Å²) in [5.41, 5.74) is 11.2. The van der Waals surface area contributed by atoms with Crippen LogP contribution in [0.3, 0.4) is 0 Å². The number of benzene rings is 3. The van der Waals surface area contributed by atoms with Crippen LogP contribution in [0, 0.1) is 6.92 Å². The third kappa shape index (κ3) is 3.33. The van der Waals surface area contributed by atoms with Gasteiger partial charge in [0.05, 0.1) is 5.69 Å². The van der Waals surface area contributed by atoms with Crippen molar-refractivity contribution in [2.45, 2.75) is 19.8 Å². The zero-order valence-electron chi connectivity index (χ0n) is 14.3. The van der Waals surface area contributed by atoms with Crippen molar-refractivity contribution in [3.05, 3.63) is 71.8 Å². The summed E-state index contributed by atoms with van der Waals surface area (Å²) < 4.78 is 0. The Balaban J connectivity index is 0.00000182. The van der Waals surface area contributed by atoms with Crippen molar-refractivity contribution in [3.63, 3.8) is 0 Å². The normalized spacial score (nSPS) is 14.1. The number of guanidine groups is 1. The fraction of sp³-hybridized carbons (Fsp3) is 0.190. The molecule has 4 heteroatoms. The lowest BCUT2D eigenvalue weighted by Gasteiger charge is -2.30. The van der Waals surface area contributed by atoms with Gasteiger partial charge in [0.15, 0.2) is 0 Å². The van der Waals surface area contributed by atoms with Crippen LogP contribution in [0.4, 0.5) is 11.4 Å². The van der Waals surface area contributed by atoms with E-state index in [1.807, 2.05) is 24.3 Å². The third-order valence-electron chi connectivity index (χ3n) is 4.63. The van der Waals surface area contributed by atoms with E-state index in [-0.39, 0.29) is 12.4 Å². The van der Waals surface area contributed by atoms with Gasteiger partial charge < -0.3 is 10.6 Å². The van der Waals surface area contributed by atoms with Gasteiger partial charge in [-0.05, 0) is 42.8 Å². The van der Waals surface area contributed by atoms with Crippen molar-refractivity contribution in [1.82, 2.24) is 0 Å². The molecule has 0 atom stereocenters. The Kier molecular flexibility index (Phi) is 4.95. The molecule has 25 heavy (non-hydrogen) atoms. The monoisotopic (exact) mass is 351 g/mol. The van der Waals surface area contributed by atoms with Crippen molar-refractivity contribution in [1.29, 1.82) is 0 Å². The van der Waals surface area contributed by atoms with Gasteiger partial charge in [-0.15, -0.1) is 12.4 Å². The molecule has 0 aromatic heterocycles. The summed E-state index contributed by atoms with van der Waals surface area (Å²) in [5, 5.41) is 2.31. The smallest absolute Gasteiger partial charge is 0.201 e. The molecule has 0 bridgehead atoms. The molecule has 3 aromatic carbocycles. The number of aryl methyl sites for hydroxylation is 2. The second-order valence-electron chi connectivity index (χ2n) is 6.36. The molecule has 0 spiro atoms. The van der Waals surface area contributed by atoms with E-state index in [9.17, 15) is 0 Å². The molecule has 1 heterocycles. The SMILES string of the molecule is Cc1ccc2c(c1)CCCN2C(N)=Nc1cccc2ccccc12.Cl. The standard InChI is InChI=1S/C21H21N3.ClH/c1-15-11-12-20-17(14-15)8-5-13-24(20)21(22)23-19-10-4-7-16-6-2-3-9-18(16)19;/h2-4,6-7,9-12,14H,5,8,13H2,1H3,(H2,22,23);1H. The van der Waals surface area contributed by atoms with Gasteiger partial charge in [-0.1, -0.05) is 54.1 Å². The molecule has 0 amide bonds. The first-order chi connectivity index (χ1) is 11.7. The van der Waals surface area contributed by atoms with Crippen LogP contribution in [0.1, 0.15) is 17.5 Å². The van der Waals surface area contributed by atoms with Crippen molar-refractivity contribution < 1.29 is 0 Å². The summed E-state index contributed by atoms with van der Waals surface area (Å²) in [6, 6.07) is 21.0. The van der Waals surface area contributed by atoms with E-state index in [1.54, 1.807) is 0 Å². The van der Waals surface area contributed by atoms with Gasteiger partial charge in [-0.25, -0.2) is 4.99 Å². The Morgan fingerprint density at radius 1 is 1.04 bits per heavy atom. The predicted molar refractivity (Wildman–Crippen MR) is 109 cm³/mol. The third-order valence-corrected chi connectivity index (χ3v) is 4.63. The van der Waals surface area contributed by atoms with Gasteiger partial charge in [0.25, 0.3) is 0 Å². The molecule has 2 N–H and O–H groups in total. The molecule has 0 saturated carbocycles. The zero-order chi connectivity index (χ0) is 16.5. The molecular weight excluding hydrogens is 330 g/mol. The second kappa shape index (κ2) is 7.16. The fourth-order valence-electron chi connectivity index (χ4n) is 3.45. The molecule has 0 saturated heterocycles. The highest BCUT2D eigenvalue weighted by atomic mass is 35.5. The van der Waals surface area contributed by atoms with Crippen LogP contribution in [0.5, 0.6) is 0 Å². The summed E-state index contributed by atoms with van der Waals surface area (Å²) in [6.07, 6.45) is 2.21. The van der Waals surface area contributed by atoms with Crippen molar-refractivity contribution in [2.75, 3.05) is 11.4 Å². The molecule has 0 aliphatic carbocycles.